The van der Waals surface area contributed by atoms with Gasteiger partial charge in [-0.15, -0.1) is 13.2 Å². The Morgan fingerprint density at radius 1 is 1.00 bits per heavy atom. The summed E-state index contributed by atoms with van der Waals surface area (Å²) in [5.74, 6) is -0.487. The molecule has 0 saturated heterocycles. The molecule has 29 heavy (non-hydrogen) atoms. The van der Waals surface area contributed by atoms with Crippen LogP contribution < -0.4 is 9.46 Å². The summed E-state index contributed by atoms with van der Waals surface area (Å²) in [6.45, 7) is 0.147. The fraction of sp³-hybridized carbons (Fsp3) is 0.368. The van der Waals surface area contributed by atoms with Crippen LogP contribution >= 0.6 is 23.2 Å². The Bertz CT molecular complexity index is 973. The molecule has 0 unspecified atom stereocenters. The molecule has 2 aromatic rings. The number of halogens is 5. The summed E-state index contributed by atoms with van der Waals surface area (Å²) in [4.78, 5) is -0.144. The fourth-order valence-electron chi connectivity index (χ4n) is 3.58. The lowest BCUT2D eigenvalue weighted by molar-refractivity contribution is -0.274. The molecular formula is C19H18Cl2F3NO3S. The zero-order chi connectivity index (χ0) is 21.3. The van der Waals surface area contributed by atoms with E-state index in [1.807, 2.05) is 6.07 Å². The molecule has 2 aromatic carbocycles. The lowest BCUT2D eigenvalue weighted by Crippen LogP contribution is -2.39. The summed E-state index contributed by atoms with van der Waals surface area (Å²) in [5.41, 5.74) is 0.488. The maximum Gasteiger partial charge on any atom is 0.573 e. The Balaban J connectivity index is 1.78. The summed E-state index contributed by atoms with van der Waals surface area (Å²) in [5, 5.41) is 0.823. The molecule has 0 spiro atoms. The molecule has 1 saturated carbocycles. The van der Waals surface area contributed by atoms with Crippen molar-refractivity contribution >= 4 is 33.2 Å². The largest absolute Gasteiger partial charge is 0.573 e. The molecule has 4 nitrogen and oxygen atoms in total. The number of benzene rings is 2. The third-order valence-corrected chi connectivity index (χ3v) is 7.22. The third kappa shape index (κ3) is 5.36. The van der Waals surface area contributed by atoms with Gasteiger partial charge < -0.3 is 4.74 Å². The van der Waals surface area contributed by atoms with E-state index >= 15 is 0 Å². The van der Waals surface area contributed by atoms with Crippen molar-refractivity contribution in [3.8, 4) is 5.75 Å². The highest BCUT2D eigenvalue weighted by Gasteiger charge is 2.37. The van der Waals surface area contributed by atoms with Gasteiger partial charge in [-0.3, -0.25) is 0 Å². The maximum absolute atomic E-state index is 12.7. The maximum atomic E-state index is 12.7. The molecular weight excluding hydrogens is 450 g/mol. The normalized spacial score (nSPS) is 16.7. The topological polar surface area (TPSA) is 55.4 Å². The second-order valence-electron chi connectivity index (χ2n) is 6.96. The predicted molar refractivity (Wildman–Crippen MR) is 105 cm³/mol. The summed E-state index contributed by atoms with van der Waals surface area (Å²) < 4.78 is 68.4. The lowest BCUT2D eigenvalue weighted by Gasteiger charge is -2.30. The van der Waals surface area contributed by atoms with Gasteiger partial charge in [-0.1, -0.05) is 42.1 Å². The smallest absolute Gasteiger partial charge is 0.406 e. The van der Waals surface area contributed by atoms with Gasteiger partial charge in [0.15, 0.2) is 0 Å². The van der Waals surface area contributed by atoms with Crippen LogP contribution in [0.25, 0.3) is 0 Å². The van der Waals surface area contributed by atoms with Gasteiger partial charge in [0.05, 0.1) is 14.9 Å². The van der Waals surface area contributed by atoms with Crippen LogP contribution in [0, 0.1) is 0 Å². The second-order valence-corrected chi connectivity index (χ2v) is 9.54. The van der Waals surface area contributed by atoms with Crippen molar-refractivity contribution in [2.24, 2.45) is 0 Å². The fourth-order valence-corrected chi connectivity index (χ4v) is 5.01. The molecule has 0 aliphatic heterocycles. The number of nitrogens with one attached hydrogen (secondary N) is 1. The van der Waals surface area contributed by atoms with Crippen LogP contribution in [0.4, 0.5) is 13.2 Å². The summed E-state index contributed by atoms with van der Waals surface area (Å²) in [6.07, 6.45) is -1.37. The van der Waals surface area contributed by atoms with Gasteiger partial charge >= 0.3 is 6.36 Å². The lowest BCUT2D eigenvalue weighted by atomic mass is 9.79. The van der Waals surface area contributed by atoms with Crippen molar-refractivity contribution in [2.75, 3.05) is 6.54 Å². The van der Waals surface area contributed by atoms with Crippen LogP contribution in [0.2, 0.25) is 10.0 Å². The van der Waals surface area contributed by atoms with Gasteiger partial charge in [0, 0.05) is 12.0 Å². The second kappa shape index (κ2) is 8.34. The van der Waals surface area contributed by atoms with Crippen molar-refractivity contribution in [1.82, 2.24) is 4.72 Å². The molecule has 3 rings (SSSR count). The van der Waals surface area contributed by atoms with Gasteiger partial charge in [-0.2, -0.15) is 0 Å². The van der Waals surface area contributed by atoms with E-state index in [2.05, 4.69) is 9.46 Å². The van der Waals surface area contributed by atoms with Gasteiger partial charge in [-0.25, -0.2) is 13.1 Å². The first kappa shape index (κ1) is 22.2. The van der Waals surface area contributed by atoms with Gasteiger partial charge in [0.2, 0.25) is 10.0 Å². The number of rotatable bonds is 6. The minimum atomic E-state index is -4.84. The van der Waals surface area contributed by atoms with Crippen LogP contribution in [0.1, 0.15) is 31.2 Å². The Labute approximate surface area is 177 Å². The highest BCUT2D eigenvalue weighted by atomic mass is 35.5. The minimum Gasteiger partial charge on any atom is -0.406 e. The molecule has 1 N–H and O–H groups in total. The first-order valence-corrected chi connectivity index (χ1v) is 11.1. The van der Waals surface area contributed by atoms with E-state index in [-0.39, 0.29) is 11.4 Å². The summed E-state index contributed by atoms with van der Waals surface area (Å²) in [6, 6.07) is 9.36. The quantitative estimate of drug-likeness (QED) is 0.594. The average molecular weight is 468 g/mol. The Kier molecular flexibility index (Phi) is 6.38. The van der Waals surface area contributed by atoms with Crippen LogP contribution in [0.15, 0.2) is 47.4 Å². The van der Waals surface area contributed by atoms with Gasteiger partial charge in [0.1, 0.15) is 5.75 Å². The minimum absolute atomic E-state index is 0.144. The van der Waals surface area contributed by atoms with Gasteiger partial charge in [-0.05, 0) is 54.8 Å². The van der Waals surface area contributed by atoms with E-state index in [1.165, 1.54) is 0 Å². The number of alkyl halides is 3. The number of hydrogen-bond donors (Lipinski definition) is 1. The number of ether oxygens (including phenoxy) is 1. The zero-order valence-corrected chi connectivity index (χ0v) is 17.4. The Morgan fingerprint density at radius 3 is 2.17 bits per heavy atom. The first-order valence-electron chi connectivity index (χ1n) is 8.82. The monoisotopic (exact) mass is 467 g/mol. The molecule has 10 heteroatoms. The summed E-state index contributed by atoms with van der Waals surface area (Å²) >= 11 is 12.1. The molecule has 0 bridgehead atoms. The van der Waals surface area contributed by atoms with E-state index in [0.29, 0.717) is 10.0 Å². The van der Waals surface area contributed by atoms with Crippen molar-refractivity contribution in [3.63, 3.8) is 0 Å². The van der Waals surface area contributed by atoms with Gasteiger partial charge in [0.25, 0.3) is 0 Å². The van der Waals surface area contributed by atoms with E-state index < -0.39 is 27.6 Å². The van der Waals surface area contributed by atoms with Crippen LogP contribution in [0.3, 0.4) is 0 Å². The highest BCUT2D eigenvalue weighted by molar-refractivity contribution is 7.89. The average Bonchev–Trinajstić information content (AvgIpc) is 3.12. The third-order valence-electron chi connectivity index (χ3n) is 5.06. The van der Waals surface area contributed by atoms with Crippen LogP contribution in [-0.4, -0.2) is 21.3 Å². The van der Waals surface area contributed by atoms with Crippen LogP contribution in [-0.2, 0) is 15.4 Å². The molecule has 0 radical (unpaired) electrons. The molecule has 1 aliphatic carbocycles. The van der Waals surface area contributed by atoms with Crippen molar-refractivity contribution in [1.29, 1.82) is 0 Å². The molecule has 0 aromatic heterocycles. The van der Waals surface area contributed by atoms with E-state index in [4.69, 9.17) is 23.2 Å². The molecule has 0 heterocycles. The molecule has 158 valence electrons. The van der Waals surface area contributed by atoms with Crippen molar-refractivity contribution < 1.29 is 26.3 Å². The van der Waals surface area contributed by atoms with E-state index in [1.54, 1.807) is 12.1 Å². The van der Waals surface area contributed by atoms with Crippen molar-refractivity contribution in [2.45, 2.75) is 42.4 Å². The Morgan fingerprint density at radius 2 is 1.62 bits per heavy atom. The van der Waals surface area contributed by atoms with Crippen molar-refractivity contribution in [3.05, 3.63) is 58.1 Å². The molecule has 0 amide bonds. The zero-order valence-electron chi connectivity index (χ0n) is 15.1. The van der Waals surface area contributed by atoms with E-state index in [0.717, 1.165) is 55.5 Å². The number of sulfonamides is 1. The predicted octanol–water partition coefficient (Wildman–Crippen LogP) is 5.68. The Hall–Kier alpha value is -1.48. The number of hydrogen-bond acceptors (Lipinski definition) is 3. The summed E-state index contributed by atoms with van der Waals surface area (Å²) in [7, 11) is -3.92. The molecule has 0 atom stereocenters. The first-order chi connectivity index (χ1) is 13.5. The standard InChI is InChI=1S/C19H18Cl2F3NO3S/c20-16-8-3-13(11-17(16)21)18(9-1-2-10-18)12-25-29(26,27)15-6-4-14(5-7-15)28-19(22,23)24/h3-8,11,25H,1-2,9-10,12H2. The SMILES string of the molecule is O=S(=O)(NCC1(c2ccc(Cl)c(Cl)c2)CCCC1)c1ccc(OC(F)(F)F)cc1. The highest BCUT2D eigenvalue weighted by Crippen LogP contribution is 2.42. The van der Waals surface area contributed by atoms with E-state index in [9.17, 15) is 21.6 Å². The van der Waals surface area contributed by atoms with Crippen LogP contribution in [0.5, 0.6) is 5.75 Å². The molecule has 1 fully saturated rings. The molecule has 1 aliphatic rings.